The summed E-state index contributed by atoms with van der Waals surface area (Å²) in [7, 11) is 0. The SMILES string of the molecule is CCCC1CNC(C)(C)CN1Cc1cccc(C)n1. The summed E-state index contributed by atoms with van der Waals surface area (Å²) in [6, 6.07) is 6.96. The minimum atomic E-state index is 0.202. The largest absolute Gasteiger partial charge is 0.309 e. The molecule has 2 heterocycles. The molecule has 3 nitrogen and oxygen atoms in total. The average Bonchev–Trinajstić information content (AvgIpc) is 2.32. The third-order valence-corrected chi connectivity index (χ3v) is 3.86. The van der Waals surface area contributed by atoms with E-state index in [-0.39, 0.29) is 5.54 Å². The van der Waals surface area contributed by atoms with E-state index in [1.807, 2.05) is 0 Å². The quantitative estimate of drug-likeness (QED) is 0.903. The Morgan fingerprint density at radius 2 is 2.21 bits per heavy atom. The number of rotatable bonds is 4. The molecule has 0 saturated carbocycles. The predicted octanol–water partition coefficient (Wildman–Crippen LogP) is 2.74. The van der Waals surface area contributed by atoms with E-state index in [2.05, 4.69) is 61.1 Å². The van der Waals surface area contributed by atoms with E-state index in [1.54, 1.807) is 0 Å². The summed E-state index contributed by atoms with van der Waals surface area (Å²) >= 11 is 0. The summed E-state index contributed by atoms with van der Waals surface area (Å²) in [5.41, 5.74) is 2.51. The van der Waals surface area contributed by atoms with Crippen molar-refractivity contribution in [2.24, 2.45) is 0 Å². The van der Waals surface area contributed by atoms with Crippen LogP contribution in [0.25, 0.3) is 0 Å². The van der Waals surface area contributed by atoms with Crippen LogP contribution >= 0.6 is 0 Å². The lowest BCUT2D eigenvalue weighted by Gasteiger charge is -2.44. The van der Waals surface area contributed by atoms with Crippen molar-refractivity contribution in [3.8, 4) is 0 Å². The summed E-state index contributed by atoms with van der Waals surface area (Å²) < 4.78 is 0. The fourth-order valence-electron chi connectivity index (χ4n) is 2.91. The van der Waals surface area contributed by atoms with Gasteiger partial charge in [0.25, 0.3) is 0 Å². The van der Waals surface area contributed by atoms with Crippen LogP contribution in [0, 0.1) is 6.92 Å². The van der Waals surface area contributed by atoms with Gasteiger partial charge in [-0.2, -0.15) is 0 Å². The fourth-order valence-corrected chi connectivity index (χ4v) is 2.91. The van der Waals surface area contributed by atoms with Crippen molar-refractivity contribution in [1.29, 1.82) is 0 Å². The Kier molecular flexibility index (Phi) is 4.58. The van der Waals surface area contributed by atoms with Gasteiger partial charge >= 0.3 is 0 Å². The molecule has 1 unspecified atom stereocenters. The molecule has 1 aromatic heterocycles. The van der Waals surface area contributed by atoms with Crippen LogP contribution in [0.4, 0.5) is 0 Å². The van der Waals surface area contributed by atoms with Crippen molar-refractivity contribution in [3.05, 3.63) is 29.6 Å². The summed E-state index contributed by atoms with van der Waals surface area (Å²) in [6.45, 7) is 12.0. The average molecular weight is 261 g/mol. The summed E-state index contributed by atoms with van der Waals surface area (Å²) in [5, 5.41) is 3.66. The smallest absolute Gasteiger partial charge is 0.0547 e. The van der Waals surface area contributed by atoms with E-state index in [0.29, 0.717) is 6.04 Å². The van der Waals surface area contributed by atoms with E-state index >= 15 is 0 Å². The van der Waals surface area contributed by atoms with E-state index in [1.165, 1.54) is 18.5 Å². The molecular weight excluding hydrogens is 234 g/mol. The minimum absolute atomic E-state index is 0.202. The zero-order chi connectivity index (χ0) is 13.9. The highest BCUT2D eigenvalue weighted by molar-refractivity contribution is 5.10. The Morgan fingerprint density at radius 3 is 2.89 bits per heavy atom. The van der Waals surface area contributed by atoms with Crippen molar-refractivity contribution < 1.29 is 0 Å². The molecule has 0 aliphatic carbocycles. The van der Waals surface area contributed by atoms with Crippen LogP contribution < -0.4 is 5.32 Å². The molecule has 3 heteroatoms. The number of hydrogen-bond acceptors (Lipinski definition) is 3. The van der Waals surface area contributed by atoms with Crippen molar-refractivity contribution in [2.45, 2.75) is 58.7 Å². The topological polar surface area (TPSA) is 28.2 Å². The van der Waals surface area contributed by atoms with Gasteiger partial charge in [-0.1, -0.05) is 19.4 Å². The van der Waals surface area contributed by atoms with E-state index < -0.39 is 0 Å². The maximum atomic E-state index is 4.65. The van der Waals surface area contributed by atoms with Crippen LogP contribution in [0.5, 0.6) is 0 Å². The van der Waals surface area contributed by atoms with Crippen molar-refractivity contribution in [3.63, 3.8) is 0 Å². The fraction of sp³-hybridized carbons (Fsp3) is 0.688. The first-order chi connectivity index (χ1) is 9.00. The summed E-state index contributed by atoms with van der Waals surface area (Å²) in [6.07, 6.45) is 2.50. The van der Waals surface area contributed by atoms with Crippen LogP contribution in [0.15, 0.2) is 18.2 Å². The van der Waals surface area contributed by atoms with E-state index in [9.17, 15) is 0 Å². The molecule has 0 radical (unpaired) electrons. The highest BCUT2D eigenvalue weighted by Gasteiger charge is 2.31. The predicted molar refractivity (Wildman–Crippen MR) is 80.2 cm³/mol. The molecule has 0 aromatic carbocycles. The molecule has 1 atom stereocenters. The standard InChI is InChI=1S/C16H27N3/c1-5-7-15-10-17-16(3,4)12-19(15)11-14-9-6-8-13(2)18-14/h6,8-9,15,17H,5,7,10-12H2,1-4H3. The first-order valence-corrected chi connectivity index (χ1v) is 7.42. The molecule has 1 N–H and O–H groups in total. The summed E-state index contributed by atoms with van der Waals surface area (Å²) in [4.78, 5) is 7.25. The number of hydrogen-bond donors (Lipinski definition) is 1. The van der Waals surface area contributed by atoms with Gasteiger partial charge in [0.15, 0.2) is 0 Å². The maximum absolute atomic E-state index is 4.65. The second-order valence-electron chi connectivity index (χ2n) is 6.38. The van der Waals surface area contributed by atoms with Crippen molar-refractivity contribution in [2.75, 3.05) is 13.1 Å². The molecule has 2 rings (SSSR count). The van der Waals surface area contributed by atoms with Gasteiger partial charge in [-0.3, -0.25) is 9.88 Å². The molecule has 0 amide bonds. The molecule has 1 saturated heterocycles. The first-order valence-electron chi connectivity index (χ1n) is 7.42. The lowest BCUT2D eigenvalue weighted by atomic mass is 9.96. The van der Waals surface area contributed by atoms with Crippen LogP contribution in [0.1, 0.15) is 45.0 Å². The molecule has 1 aliphatic rings. The number of piperazine rings is 1. The number of aryl methyl sites for hydroxylation is 1. The minimum Gasteiger partial charge on any atom is -0.309 e. The molecule has 19 heavy (non-hydrogen) atoms. The molecule has 1 aromatic rings. The van der Waals surface area contributed by atoms with Gasteiger partial charge in [0.1, 0.15) is 0 Å². The van der Waals surface area contributed by atoms with Crippen molar-refractivity contribution >= 4 is 0 Å². The molecule has 0 bridgehead atoms. The summed E-state index contributed by atoms with van der Waals surface area (Å²) in [5.74, 6) is 0. The Morgan fingerprint density at radius 1 is 1.42 bits per heavy atom. The van der Waals surface area contributed by atoms with Crippen LogP contribution in [-0.2, 0) is 6.54 Å². The first kappa shape index (κ1) is 14.5. The van der Waals surface area contributed by atoms with Crippen LogP contribution in [0.2, 0.25) is 0 Å². The van der Waals surface area contributed by atoms with Gasteiger partial charge in [-0.05, 0) is 39.3 Å². The number of nitrogens with one attached hydrogen (secondary N) is 1. The maximum Gasteiger partial charge on any atom is 0.0547 e. The molecule has 0 spiro atoms. The van der Waals surface area contributed by atoms with Gasteiger partial charge < -0.3 is 5.32 Å². The van der Waals surface area contributed by atoms with Crippen molar-refractivity contribution in [1.82, 2.24) is 15.2 Å². The third kappa shape index (κ3) is 4.02. The van der Waals surface area contributed by atoms with Gasteiger partial charge in [0.05, 0.1) is 5.69 Å². The number of nitrogens with zero attached hydrogens (tertiary/aromatic N) is 2. The molecule has 106 valence electrons. The second-order valence-corrected chi connectivity index (χ2v) is 6.38. The highest BCUT2D eigenvalue weighted by atomic mass is 15.2. The zero-order valence-electron chi connectivity index (χ0n) is 12.7. The Labute approximate surface area is 117 Å². The van der Waals surface area contributed by atoms with Gasteiger partial charge in [-0.25, -0.2) is 0 Å². The Balaban J connectivity index is 2.09. The normalized spacial score (nSPS) is 23.5. The molecule has 1 aliphatic heterocycles. The Bertz CT molecular complexity index is 414. The van der Waals surface area contributed by atoms with Crippen LogP contribution in [-0.4, -0.2) is 34.6 Å². The Hall–Kier alpha value is -0.930. The lowest BCUT2D eigenvalue weighted by Crippen LogP contribution is -2.61. The monoisotopic (exact) mass is 261 g/mol. The third-order valence-electron chi connectivity index (χ3n) is 3.86. The highest BCUT2D eigenvalue weighted by Crippen LogP contribution is 2.20. The van der Waals surface area contributed by atoms with Crippen LogP contribution in [0.3, 0.4) is 0 Å². The number of pyridine rings is 1. The molecule has 1 fully saturated rings. The van der Waals surface area contributed by atoms with E-state index in [4.69, 9.17) is 0 Å². The lowest BCUT2D eigenvalue weighted by molar-refractivity contribution is 0.0815. The molecular formula is C16H27N3. The van der Waals surface area contributed by atoms with Gasteiger partial charge in [0.2, 0.25) is 0 Å². The second kappa shape index (κ2) is 6.02. The zero-order valence-corrected chi connectivity index (χ0v) is 12.7. The van der Waals surface area contributed by atoms with Gasteiger partial charge in [0, 0.05) is 36.9 Å². The number of aromatic nitrogens is 1. The van der Waals surface area contributed by atoms with Gasteiger partial charge in [-0.15, -0.1) is 0 Å². The van der Waals surface area contributed by atoms with E-state index in [0.717, 1.165) is 25.3 Å².